The number of hydrogen-bond acceptors (Lipinski definition) is 6. The topological polar surface area (TPSA) is 78.9 Å². The van der Waals surface area contributed by atoms with E-state index in [1.807, 2.05) is 35.7 Å². The lowest BCUT2D eigenvalue weighted by molar-refractivity contribution is 0.299. The molecule has 0 radical (unpaired) electrons. The van der Waals surface area contributed by atoms with Gasteiger partial charge in [-0.3, -0.25) is 9.78 Å². The number of aromatic nitrogens is 3. The molecule has 0 saturated heterocycles. The first-order valence-corrected chi connectivity index (χ1v) is 9.68. The van der Waals surface area contributed by atoms with Crippen molar-refractivity contribution < 1.29 is 5.11 Å². The van der Waals surface area contributed by atoms with Gasteiger partial charge in [0.1, 0.15) is 10.7 Å². The van der Waals surface area contributed by atoms with Crippen LogP contribution >= 0.6 is 22.7 Å². The second-order valence-corrected chi connectivity index (χ2v) is 7.64. The normalized spacial score (nSPS) is 11.1. The third kappa shape index (κ3) is 3.24. The Kier molecular flexibility index (Phi) is 4.50. The number of pyridine rings is 1. The van der Waals surface area contributed by atoms with Gasteiger partial charge in [0.05, 0.1) is 15.9 Å². The van der Waals surface area contributed by atoms with E-state index in [2.05, 4.69) is 21.5 Å². The van der Waals surface area contributed by atoms with Crippen molar-refractivity contribution in [1.29, 1.82) is 0 Å². The molecule has 0 bridgehead atoms. The molecule has 0 aliphatic rings. The Hall–Kier alpha value is -2.61. The van der Waals surface area contributed by atoms with E-state index in [1.165, 1.54) is 22.7 Å². The molecule has 5 nitrogen and oxygen atoms in total. The quantitative estimate of drug-likeness (QED) is 0.552. The molecule has 0 amide bonds. The minimum absolute atomic E-state index is 0.0602. The summed E-state index contributed by atoms with van der Waals surface area (Å²) in [7, 11) is 0. The van der Waals surface area contributed by atoms with Gasteiger partial charge >= 0.3 is 4.87 Å². The number of nitrogens with one attached hydrogen (secondary N) is 1. The molecule has 26 heavy (non-hydrogen) atoms. The fourth-order valence-corrected chi connectivity index (χ4v) is 4.22. The van der Waals surface area contributed by atoms with Crippen LogP contribution in [0.4, 0.5) is 0 Å². The number of aliphatic hydroxyl groups is 1. The van der Waals surface area contributed by atoms with E-state index < -0.39 is 0 Å². The highest BCUT2D eigenvalue weighted by Gasteiger charge is 2.11. The zero-order valence-corrected chi connectivity index (χ0v) is 15.4. The molecule has 4 aromatic rings. The number of fused-ring (bicyclic) bond motifs is 1. The van der Waals surface area contributed by atoms with E-state index in [1.54, 1.807) is 6.20 Å². The maximum atomic E-state index is 11.5. The van der Waals surface area contributed by atoms with Gasteiger partial charge in [0.15, 0.2) is 0 Å². The zero-order valence-electron chi connectivity index (χ0n) is 13.7. The number of hydrogen-bond donors (Lipinski definition) is 2. The highest BCUT2D eigenvalue weighted by atomic mass is 32.1. The average Bonchev–Trinajstić information content (AvgIpc) is 3.27. The number of rotatable bonds is 5. The predicted molar refractivity (Wildman–Crippen MR) is 107 cm³/mol. The van der Waals surface area contributed by atoms with Crippen LogP contribution in [0.15, 0.2) is 53.3 Å². The summed E-state index contributed by atoms with van der Waals surface area (Å²) in [5, 5.41) is 11.8. The number of nitrogens with zero attached hydrogens (tertiary/aromatic N) is 2. The highest BCUT2D eigenvalue weighted by Crippen LogP contribution is 2.30. The lowest BCUT2D eigenvalue weighted by Gasteiger charge is -2.03. The summed E-state index contributed by atoms with van der Waals surface area (Å²) in [6, 6.07) is 9.66. The largest absolute Gasteiger partial charge is 0.396 e. The first-order valence-electron chi connectivity index (χ1n) is 7.98. The van der Waals surface area contributed by atoms with Crippen molar-refractivity contribution in [2.24, 2.45) is 0 Å². The Morgan fingerprint density at radius 2 is 2.12 bits per heavy atom. The maximum Gasteiger partial charge on any atom is 0.305 e. The van der Waals surface area contributed by atoms with Crippen LogP contribution in [-0.4, -0.2) is 26.7 Å². The third-order valence-corrected chi connectivity index (χ3v) is 5.77. The van der Waals surface area contributed by atoms with Crippen LogP contribution < -0.4 is 4.87 Å². The maximum absolute atomic E-state index is 11.5. The standard InChI is InChI=1S/C19H15N3O2S2/c1-11(13-3-5-15-17(8-13)26-19(24)22-15)18-21-16(10-25-18)14-4-2-12(6-7-23)9-20-14/h2-5,8-10,23H,1,6-7H2,(H,22,24). The summed E-state index contributed by atoms with van der Waals surface area (Å²) in [4.78, 5) is 23.3. The molecule has 0 spiro atoms. The average molecular weight is 381 g/mol. The number of H-pyrrole nitrogens is 1. The molecule has 1 aromatic carbocycles. The molecule has 0 unspecified atom stereocenters. The third-order valence-electron chi connectivity index (χ3n) is 4.02. The van der Waals surface area contributed by atoms with Gasteiger partial charge in [-0.1, -0.05) is 30.0 Å². The number of aliphatic hydroxyl groups excluding tert-OH is 1. The molecular formula is C19H15N3O2S2. The smallest absolute Gasteiger partial charge is 0.305 e. The molecule has 0 saturated carbocycles. The van der Waals surface area contributed by atoms with E-state index in [0.29, 0.717) is 6.42 Å². The molecule has 0 aliphatic heterocycles. The predicted octanol–water partition coefficient (Wildman–Crippen LogP) is 3.70. The monoisotopic (exact) mass is 381 g/mol. The van der Waals surface area contributed by atoms with E-state index in [0.717, 1.165) is 43.3 Å². The SMILES string of the molecule is C=C(c1ccc2[nH]c(=O)sc2c1)c1nc(-c2ccc(CCO)cn2)cs1. The van der Waals surface area contributed by atoms with Gasteiger partial charge in [0.25, 0.3) is 0 Å². The van der Waals surface area contributed by atoms with Crippen LogP contribution in [0, 0.1) is 0 Å². The molecule has 3 heterocycles. The zero-order chi connectivity index (χ0) is 18.1. The van der Waals surface area contributed by atoms with E-state index in [-0.39, 0.29) is 11.5 Å². The van der Waals surface area contributed by atoms with Gasteiger partial charge in [-0.05, 0) is 35.7 Å². The molecule has 4 rings (SSSR count). The Morgan fingerprint density at radius 3 is 2.88 bits per heavy atom. The summed E-state index contributed by atoms with van der Waals surface area (Å²) >= 11 is 2.70. The van der Waals surface area contributed by atoms with Gasteiger partial charge in [-0.15, -0.1) is 11.3 Å². The van der Waals surface area contributed by atoms with Crippen LogP contribution in [0.5, 0.6) is 0 Å². The molecule has 0 fully saturated rings. The van der Waals surface area contributed by atoms with Crippen molar-refractivity contribution in [1.82, 2.24) is 15.0 Å². The Labute approximate surface area is 157 Å². The second kappa shape index (κ2) is 6.95. The Morgan fingerprint density at radius 1 is 1.23 bits per heavy atom. The summed E-state index contributed by atoms with van der Waals surface area (Å²) in [5.74, 6) is 0. The van der Waals surface area contributed by atoms with Crippen LogP contribution in [0.3, 0.4) is 0 Å². The Balaban J connectivity index is 1.61. The molecule has 7 heteroatoms. The van der Waals surface area contributed by atoms with Crippen molar-refractivity contribution in [3.8, 4) is 11.4 Å². The van der Waals surface area contributed by atoms with Crippen molar-refractivity contribution in [2.45, 2.75) is 6.42 Å². The minimum atomic E-state index is -0.0602. The van der Waals surface area contributed by atoms with Gasteiger partial charge in [-0.25, -0.2) is 4.98 Å². The van der Waals surface area contributed by atoms with Crippen molar-refractivity contribution in [3.05, 3.63) is 74.3 Å². The first-order chi connectivity index (χ1) is 12.6. The second-order valence-electron chi connectivity index (χ2n) is 5.77. The van der Waals surface area contributed by atoms with Gasteiger partial charge in [-0.2, -0.15) is 0 Å². The van der Waals surface area contributed by atoms with Crippen LogP contribution in [0.25, 0.3) is 27.2 Å². The van der Waals surface area contributed by atoms with Gasteiger partial charge in [0, 0.05) is 23.8 Å². The summed E-state index contributed by atoms with van der Waals surface area (Å²) in [5.41, 5.74) is 5.19. The molecule has 130 valence electrons. The van der Waals surface area contributed by atoms with Crippen LogP contribution in [0.2, 0.25) is 0 Å². The van der Waals surface area contributed by atoms with Crippen molar-refractivity contribution >= 4 is 38.5 Å². The van der Waals surface area contributed by atoms with E-state index in [9.17, 15) is 4.79 Å². The lowest BCUT2D eigenvalue weighted by Crippen LogP contribution is -1.92. The lowest BCUT2D eigenvalue weighted by atomic mass is 10.1. The molecular weight excluding hydrogens is 366 g/mol. The van der Waals surface area contributed by atoms with Crippen molar-refractivity contribution in [2.75, 3.05) is 6.61 Å². The first kappa shape index (κ1) is 16.8. The van der Waals surface area contributed by atoms with E-state index in [4.69, 9.17) is 5.11 Å². The van der Waals surface area contributed by atoms with Gasteiger partial charge < -0.3 is 10.1 Å². The van der Waals surface area contributed by atoms with Crippen molar-refractivity contribution in [3.63, 3.8) is 0 Å². The highest BCUT2D eigenvalue weighted by molar-refractivity contribution is 7.16. The number of aromatic amines is 1. The minimum Gasteiger partial charge on any atom is -0.396 e. The van der Waals surface area contributed by atoms with Crippen LogP contribution in [-0.2, 0) is 6.42 Å². The van der Waals surface area contributed by atoms with Crippen LogP contribution in [0.1, 0.15) is 16.1 Å². The summed E-state index contributed by atoms with van der Waals surface area (Å²) in [6.07, 6.45) is 2.36. The summed E-state index contributed by atoms with van der Waals surface area (Å²) < 4.78 is 0.909. The fourth-order valence-electron chi connectivity index (χ4n) is 2.64. The number of benzene rings is 1. The van der Waals surface area contributed by atoms with E-state index >= 15 is 0 Å². The molecule has 2 N–H and O–H groups in total. The molecule has 3 aromatic heterocycles. The molecule has 0 atom stereocenters. The van der Waals surface area contributed by atoms with Gasteiger partial charge in [0.2, 0.25) is 0 Å². The Bertz CT molecular complexity index is 1140. The fraction of sp³-hybridized carbons (Fsp3) is 0.105. The number of thiazole rings is 2. The summed E-state index contributed by atoms with van der Waals surface area (Å²) in [6.45, 7) is 4.28. The molecule has 0 aliphatic carbocycles.